The van der Waals surface area contributed by atoms with Crippen LogP contribution in [0.15, 0.2) is 65.7 Å². The lowest BCUT2D eigenvalue weighted by Crippen LogP contribution is -2.35. The molecular weight excluding hydrogens is 386 g/mol. The van der Waals surface area contributed by atoms with Gasteiger partial charge in [0.05, 0.1) is 7.11 Å². The Bertz CT molecular complexity index is 1060. The fourth-order valence-corrected chi connectivity index (χ4v) is 3.89. The Morgan fingerprint density at radius 2 is 1.62 bits per heavy atom. The molecule has 29 heavy (non-hydrogen) atoms. The van der Waals surface area contributed by atoms with Crippen molar-refractivity contribution in [2.45, 2.75) is 26.4 Å². The number of carbonyl (C=O) groups is 2. The molecule has 6 heteroatoms. The highest BCUT2D eigenvalue weighted by Crippen LogP contribution is 2.36. The molecule has 5 nitrogen and oxygen atoms in total. The van der Waals surface area contributed by atoms with Crippen molar-refractivity contribution >= 4 is 39.1 Å². The molecule has 0 saturated carbocycles. The zero-order valence-electron chi connectivity index (χ0n) is 16.8. The number of rotatable bonds is 4. The van der Waals surface area contributed by atoms with E-state index in [2.05, 4.69) is 5.32 Å². The summed E-state index contributed by atoms with van der Waals surface area (Å²) in [6.07, 6.45) is -0.717. The van der Waals surface area contributed by atoms with E-state index < -0.39 is 17.7 Å². The van der Waals surface area contributed by atoms with E-state index in [-0.39, 0.29) is 5.70 Å². The number of methoxy groups -OCH3 is 1. The van der Waals surface area contributed by atoms with Crippen molar-refractivity contribution < 1.29 is 19.1 Å². The Kier molecular flexibility index (Phi) is 6.03. The van der Waals surface area contributed by atoms with Gasteiger partial charge in [-0.3, -0.25) is 5.32 Å². The van der Waals surface area contributed by atoms with Crippen LogP contribution in [0.2, 0.25) is 0 Å². The summed E-state index contributed by atoms with van der Waals surface area (Å²) in [5.41, 5.74) is 1.55. The maximum absolute atomic E-state index is 12.7. The summed E-state index contributed by atoms with van der Waals surface area (Å²) in [5.74, 6) is -0.648. The maximum atomic E-state index is 12.7. The van der Waals surface area contributed by atoms with Gasteiger partial charge in [-0.15, -0.1) is 11.3 Å². The molecular formula is C23H23NO4S. The first kappa shape index (κ1) is 20.6. The first-order chi connectivity index (χ1) is 13.8. The van der Waals surface area contributed by atoms with Crippen LogP contribution in [0.1, 0.15) is 31.9 Å². The summed E-state index contributed by atoms with van der Waals surface area (Å²) in [4.78, 5) is 25.2. The van der Waals surface area contributed by atoms with Crippen LogP contribution >= 0.6 is 11.3 Å². The van der Waals surface area contributed by atoms with Gasteiger partial charge in [0.1, 0.15) is 11.3 Å². The van der Waals surface area contributed by atoms with Gasteiger partial charge in [0.25, 0.3) is 0 Å². The number of hydrogen-bond acceptors (Lipinski definition) is 5. The van der Waals surface area contributed by atoms with E-state index in [1.165, 1.54) is 7.11 Å². The molecule has 0 radical (unpaired) electrons. The Labute approximate surface area is 174 Å². The third-order valence-electron chi connectivity index (χ3n) is 4.08. The molecule has 150 valence electrons. The number of alkyl carbamates (subject to hydrolysis) is 1. The van der Waals surface area contributed by atoms with E-state index in [1.54, 1.807) is 32.1 Å². The molecule has 3 rings (SSSR count). The third-order valence-corrected chi connectivity index (χ3v) is 5.04. The summed E-state index contributed by atoms with van der Waals surface area (Å²) in [6, 6.07) is 17.4. The lowest BCUT2D eigenvalue weighted by molar-refractivity contribution is -0.136. The van der Waals surface area contributed by atoms with Crippen molar-refractivity contribution in [3.63, 3.8) is 0 Å². The Morgan fingerprint density at radius 1 is 0.966 bits per heavy atom. The second-order valence-electron chi connectivity index (χ2n) is 7.38. The maximum Gasteiger partial charge on any atom is 0.412 e. The van der Waals surface area contributed by atoms with Gasteiger partial charge in [-0.05, 0) is 37.8 Å². The van der Waals surface area contributed by atoms with Gasteiger partial charge in [0, 0.05) is 21.2 Å². The van der Waals surface area contributed by atoms with E-state index in [0.29, 0.717) is 5.57 Å². The zero-order valence-corrected chi connectivity index (χ0v) is 17.6. The average Bonchev–Trinajstić information content (AvgIpc) is 3.10. The zero-order chi connectivity index (χ0) is 21.0. The van der Waals surface area contributed by atoms with Gasteiger partial charge in [0.15, 0.2) is 0 Å². The molecule has 0 bridgehead atoms. The molecule has 1 heterocycles. The normalized spacial score (nSPS) is 12.3. The molecule has 1 N–H and O–H groups in total. The van der Waals surface area contributed by atoms with Gasteiger partial charge in [-0.2, -0.15) is 0 Å². The summed E-state index contributed by atoms with van der Waals surface area (Å²) < 4.78 is 11.4. The molecule has 0 fully saturated rings. The molecule has 0 atom stereocenters. The largest absolute Gasteiger partial charge is 0.464 e. The molecule has 0 aliphatic carbocycles. The quantitative estimate of drug-likeness (QED) is 0.465. The van der Waals surface area contributed by atoms with Crippen molar-refractivity contribution in [2.75, 3.05) is 7.11 Å². The molecule has 0 aliphatic rings. The smallest absolute Gasteiger partial charge is 0.412 e. The number of amides is 1. The molecule has 0 saturated heterocycles. The molecule has 0 aliphatic heterocycles. The third kappa shape index (κ3) is 4.84. The van der Waals surface area contributed by atoms with E-state index >= 15 is 0 Å². The topological polar surface area (TPSA) is 64.6 Å². The number of benzene rings is 2. The minimum atomic E-state index is -0.717. The molecule has 1 aromatic heterocycles. The van der Waals surface area contributed by atoms with Crippen molar-refractivity contribution in [2.24, 2.45) is 0 Å². The molecule has 1 amide bonds. The van der Waals surface area contributed by atoms with Crippen LogP contribution < -0.4 is 5.32 Å². The Balaban J connectivity index is 2.23. The van der Waals surface area contributed by atoms with Gasteiger partial charge in [-0.1, -0.05) is 48.5 Å². The highest BCUT2D eigenvalue weighted by atomic mass is 32.1. The van der Waals surface area contributed by atoms with Crippen molar-refractivity contribution in [3.8, 4) is 0 Å². The van der Waals surface area contributed by atoms with Crippen molar-refractivity contribution in [1.82, 2.24) is 5.32 Å². The summed E-state index contributed by atoms with van der Waals surface area (Å²) in [6.45, 7) is 5.29. The first-order valence-electron chi connectivity index (χ1n) is 9.15. The average molecular weight is 410 g/mol. The van der Waals surface area contributed by atoms with Crippen LogP contribution in [-0.2, 0) is 14.3 Å². The van der Waals surface area contributed by atoms with Gasteiger partial charge in [-0.25, -0.2) is 9.59 Å². The van der Waals surface area contributed by atoms with E-state index in [1.807, 2.05) is 60.0 Å². The van der Waals surface area contributed by atoms with Gasteiger partial charge >= 0.3 is 12.1 Å². The number of hydrogen-bond donors (Lipinski definition) is 1. The number of thiophene rings is 1. The minimum Gasteiger partial charge on any atom is -0.464 e. The van der Waals surface area contributed by atoms with E-state index in [0.717, 1.165) is 21.2 Å². The highest BCUT2D eigenvalue weighted by Gasteiger charge is 2.25. The lowest BCUT2D eigenvalue weighted by Gasteiger charge is -2.21. The van der Waals surface area contributed by atoms with Gasteiger partial charge in [0.2, 0.25) is 0 Å². The number of fused-ring (bicyclic) bond motifs is 1. The van der Waals surface area contributed by atoms with Crippen LogP contribution in [0.5, 0.6) is 0 Å². The van der Waals surface area contributed by atoms with Crippen LogP contribution in [0.3, 0.4) is 0 Å². The second kappa shape index (κ2) is 8.49. The standard InChI is InChI=1S/C23H23NO4S/c1-23(2,3)28-22(26)24-20(21(25)27-4)19(15-10-6-5-7-11-15)17-14-29-18-13-9-8-12-16(17)18/h5-14H,1-4H3,(H,24,26)/b20-19-. The van der Waals surface area contributed by atoms with E-state index in [4.69, 9.17) is 9.47 Å². The van der Waals surface area contributed by atoms with Crippen LogP contribution in [-0.4, -0.2) is 24.8 Å². The van der Waals surface area contributed by atoms with Gasteiger partial charge < -0.3 is 9.47 Å². The van der Waals surface area contributed by atoms with Crippen molar-refractivity contribution in [1.29, 1.82) is 0 Å². The van der Waals surface area contributed by atoms with Crippen LogP contribution in [0.25, 0.3) is 15.7 Å². The molecule has 0 spiro atoms. The number of nitrogens with one attached hydrogen (secondary N) is 1. The number of esters is 1. The first-order valence-corrected chi connectivity index (χ1v) is 10.0. The van der Waals surface area contributed by atoms with Crippen LogP contribution in [0, 0.1) is 0 Å². The summed E-state index contributed by atoms with van der Waals surface area (Å²) >= 11 is 1.57. The van der Waals surface area contributed by atoms with Crippen LogP contribution in [0.4, 0.5) is 4.79 Å². The van der Waals surface area contributed by atoms with Crippen molar-refractivity contribution in [3.05, 3.63) is 76.8 Å². The molecule has 0 unspecified atom stereocenters. The predicted octanol–water partition coefficient (Wildman–Crippen LogP) is 5.36. The SMILES string of the molecule is COC(=O)/C(NC(=O)OC(C)(C)C)=C(\c1ccccc1)c1csc2ccccc12. The fraction of sp³-hybridized carbons (Fsp3) is 0.217. The minimum absolute atomic E-state index is 0.0384. The molecule has 3 aromatic rings. The Morgan fingerprint density at radius 3 is 2.28 bits per heavy atom. The summed E-state index contributed by atoms with van der Waals surface area (Å²) in [7, 11) is 1.29. The molecule has 2 aromatic carbocycles. The van der Waals surface area contributed by atoms with E-state index in [9.17, 15) is 9.59 Å². The second-order valence-corrected chi connectivity index (χ2v) is 8.29. The Hall–Kier alpha value is -3.12. The monoisotopic (exact) mass is 409 g/mol. The highest BCUT2D eigenvalue weighted by molar-refractivity contribution is 7.17. The lowest BCUT2D eigenvalue weighted by atomic mass is 9.95. The number of ether oxygens (including phenoxy) is 2. The fourth-order valence-electron chi connectivity index (χ4n) is 2.93. The predicted molar refractivity (Wildman–Crippen MR) is 116 cm³/mol. The number of carbonyl (C=O) groups excluding carboxylic acids is 2. The summed E-state index contributed by atoms with van der Waals surface area (Å²) in [5, 5.41) is 5.59.